The first-order chi connectivity index (χ1) is 9.63. The minimum absolute atomic E-state index is 0.0847. The molecule has 3 heteroatoms. The van der Waals surface area contributed by atoms with Crippen LogP contribution in [-0.2, 0) is 10.3 Å². The van der Waals surface area contributed by atoms with Gasteiger partial charge < -0.3 is 9.84 Å². The summed E-state index contributed by atoms with van der Waals surface area (Å²) in [5.74, 6) is 0. The van der Waals surface area contributed by atoms with Gasteiger partial charge in [0.2, 0.25) is 0 Å². The van der Waals surface area contributed by atoms with E-state index in [1.165, 1.54) is 0 Å². The topological polar surface area (TPSA) is 29.5 Å². The number of halogens is 1. The average Bonchev–Trinajstić information content (AvgIpc) is 2.49. The first-order valence-electron chi connectivity index (χ1n) is 7.02. The van der Waals surface area contributed by atoms with Crippen LogP contribution in [0.2, 0.25) is 0 Å². The van der Waals surface area contributed by atoms with E-state index in [4.69, 9.17) is 4.74 Å². The molecule has 20 heavy (non-hydrogen) atoms. The van der Waals surface area contributed by atoms with Crippen LogP contribution in [0.1, 0.15) is 24.8 Å². The molecule has 106 valence electrons. The molecule has 2 aromatic rings. The number of rotatable bonds is 2. The third-order valence-corrected chi connectivity index (χ3v) is 4.38. The van der Waals surface area contributed by atoms with Crippen molar-refractivity contribution < 1.29 is 14.2 Å². The molecule has 1 aliphatic rings. The maximum atomic E-state index is 14.3. The lowest BCUT2D eigenvalue weighted by Crippen LogP contribution is -2.44. The number of fused-ring (bicyclic) bond motifs is 1. The molecule has 3 rings (SSSR count). The molecule has 2 nitrogen and oxygen atoms in total. The zero-order chi connectivity index (χ0) is 14.2. The zero-order valence-corrected chi connectivity index (χ0v) is 11.6. The van der Waals surface area contributed by atoms with Crippen molar-refractivity contribution in [2.75, 3.05) is 7.11 Å². The van der Waals surface area contributed by atoms with Crippen LogP contribution in [0, 0.1) is 0 Å². The maximum Gasteiger partial charge on any atom is 0.133 e. The standard InChI is InChI=1S/C17H19FO2/c1-20-15-8-9-16(18)17(19,11-15)14-7-6-12-4-2-3-5-13(12)10-14/h2-7,10,15-16,19H,8-9,11H2,1H3. The predicted molar refractivity (Wildman–Crippen MR) is 77.4 cm³/mol. The van der Waals surface area contributed by atoms with Crippen LogP contribution < -0.4 is 0 Å². The Hall–Kier alpha value is -1.45. The van der Waals surface area contributed by atoms with Gasteiger partial charge >= 0.3 is 0 Å². The number of alkyl halides is 1. The van der Waals surface area contributed by atoms with Gasteiger partial charge in [-0.05, 0) is 35.2 Å². The summed E-state index contributed by atoms with van der Waals surface area (Å²) in [5, 5.41) is 12.9. The first-order valence-corrected chi connectivity index (χ1v) is 7.02. The molecule has 1 saturated carbocycles. The van der Waals surface area contributed by atoms with Crippen molar-refractivity contribution in [3.8, 4) is 0 Å². The highest BCUT2D eigenvalue weighted by atomic mass is 19.1. The highest BCUT2D eigenvalue weighted by Crippen LogP contribution is 2.40. The van der Waals surface area contributed by atoms with Gasteiger partial charge in [0.1, 0.15) is 11.8 Å². The van der Waals surface area contributed by atoms with Crippen LogP contribution in [0.5, 0.6) is 0 Å². The molecule has 2 aromatic carbocycles. The minimum Gasteiger partial charge on any atom is -0.382 e. The van der Waals surface area contributed by atoms with Crippen molar-refractivity contribution in [3.63, 3.8) is 0 Å². The smallest absolute Gasteiger partial charge is 0.133 e. The van der Waals surface area contributed by atoms with E-state index >= 15 is 0 Å². The maximum absolute atomic E-state index is 14.3. The molecular weight excluding hydrogens is 255 g/mol. The fraction of sp³-hybridized carbons (Fsp3) is 0.412. The van der Waals surface area contributed by atoms with Crippen LogP contribution >= 0.6 is 0 Å². The SMILES string of the molecule is COC1CCC(F)C(O)(c2ccc3ccccc3c2)C1. The second-order valence-electron chi connectivity index (χ2n) is 5.59. The molecule has 0 saturated heterocycles. The molecule has 0 amide bonds. The average molecular weight is 274 g/mol. The molecule has 0 bridgehead atoms. The molecule has 1 fully saturated rings. The summed E-state index contributed by atoms with van der Waals surface area (Å²) >= 11 is 0. The van der Waals surface area contributed by atoms with Crippen molar-refractivity contribution in [2.24, 2.45) is 0 Å². The Labute approximate surface area is 118 Å². The van der Waals surface area contributed by atoms with Gasteiger partial charge in [0, 0.05) is 13.5 Å². The lowest BCUT2D eigenvalue weighted by Gasteiger charge is -2.39. The fourth-order valence-electron chi connectivity index (χ4n) is 3.11. The Morgan fingerprint density at radius 1 is 1.15 bits per heavy atom. The van der Waals surface area contributed by atoms with E-state index < -0.39 is 11.8 Å². The number of hydrogen-bond acceptors (Lipinski definition) is 2. The van der Waals surface area contributed by atoms with Gasteiger partial charge in [-0.3, -0.25) is 0 Å². The summed E-state index contributed by atoms with van der Waals surface area (Å²) in [7, 11) is 1.62. The Bertz CT molecular complexity index is 613. The second-order valence-corrected chi connectivity index (χ2v) is 5.59. The Morgan fingerprint density at radius 3 is 2.65 bits per heavy atom. The van der Waals surface area contributed by atoms with Gasteiger partial charge in [-0.1, -0.05) is 36.4 Å². The first kappa shape index (κ1) is 13.5. The lowest BCUT2D eigenvalue weighted by atomic mass is 9.76. The highest BCUT2D eigenvalue weighted by Gasteiger charge is 2.44. The van der Waals surface area contributed by atoms with Crippen LogP contribution in [-0.4, -0.2) is 24.5 Å². The van der Waals surface area contributed by atoms with E-state index in [1.54, 1.807) is 7.11 Å². The fourth-order valence-corrected chi connectivity index (χ4v) is 3.11. The molecule has 1 aliphatic carbocycles. The number of aliphatic hydroxyl groups is 1. The Kier molecular flexibility index (Phi) is 3.48. The van der Waals surface area contributed by atoms with E-state index in [2.05, 4.69) is 0 Å². The third-order valence-electron chi connectivity index (χ3n) is 4.38. The van der Waals surface area contributed by atoms with Crippen LogP contribution in [0.3, 0.4) is 0 Å². The molecule has 0 aromatic heterocycles. The van der Waals surface area contributed by atoms with Crippen molar-refractivity contribution >= 4 is 10.8 Å². The van der Waals surface area contributed by atoms with Crippen LogP contribution in [0.25, 0.3) is 10.8 Å². The van der Waals surface area contributed by atoms with E-state index in [1.807, 2.05) is 42.5 Å². The van der Waals surface area contributed by atoms with E-state index in [0.717, 1.165) is 10.8 Å². The third kappa shape index (κ3) is 2.21. The summed E-state index contributed by atoms with van der Waals surface area (Å²) in [6.45, 7) is 0. The van der Waals surface area contributed by atoms with Gasteiger partial charge in [0.25, 0.3) is 0 Å². The monoisotopic (exact) mass is 274 g/mol. The van der Waals surface area contributed by atoms with Crippen LogP contribution in [0.15, 0.2) is 42.5 Å². The van der Waals surface area contributed by atoms with E-state index in [9.17, 15) is 9.50 Å². The van der Waals surface area contributed by atoms with Crippen LogP contribution in [0.4, 0.5) is 4.39 Å². The summed E-state index contributed by atoms with van der Waals surface area (Å²) in [5.41, 5.74) is -0.798. The van der Waals surface area contributed by atoms with Crippen molar-refractivity contribution in [1.82, 2.24) is 0 Å². The lowest BCUT2D eigenvalue weighted by molar-refractivity contribution is -0.112. The molecule has 0 heterocycles. The van der Waals surface area contributed by atoms with Gasteiger partial charge in [0.05, 0.1) is 6.10 Å². The summed E-state index contributed by atoms with van der Waals surface area (Å²) < 4.78 is 19.6. The molecular formula is C17H19FO2. The van der Waals surface area contributed by atoms with Crippen molar-refractivity contribution in [1.29, 1.82) is 0 Å². The number of hydrogen-bond donors (Lipinski definition) is 1. The quantitative estimate of drug-likeness (QED) is 0.907. The Balaban J connectivity index is 2.02. The molecule has 3 atom stereocenters. The molecule has 0 radical (unpaired) electrons. The number of ether oxygens (including phenoxy) is 1. The normalized spacial score (nSPS) is 30.6. The van der Waals surface area contributed by atoms with Gasteiger partial charge in [-0.25, -0.2) is 4.39 Å². The highest BCUT2D eigenvalue weighted by molar-refractivity contribution is 5.83. The summed E-state index contributed by atoms with van der Waals surface area (Å²) in [4.78, 5) is 0. The van der Waals surface area contributed by atoms with Crippen molar-refractivity contribution in [2.45, 2.75) is 37.1 Å². The van der Waals surface area contributed by atoms with E-state index in [-0.39, 0.29) is 6.10 Å². The van der Waals surface area contributed by atoms with E-state index in [0.29, 0.717) is 24.8 Å². The largest absolute Gasteiger partial charge is 0.382 e. The minimum atomic E-state index is -1.44. The van der Waals surface area contributed by atoms with Crippen molar-refractivity contribution in [3.05, 3.63) is 48.0 Å². The summed E-state index contributed by atoms with van der Waals surface area (Å²) in [6.07, 6.45) is -0.0215. The van der Waals surface area contributed by atoms with Gasteiger partial charge in [-0.2, -0.15) is 0 Å². The molecule has 1 N–H and O–H groups in total. The number of benzene rings is 2. The Morgan fingerprint density at radius 2 is 1.90 bits per heavy atom. The molecule has 0 aliphatic heterocycles. The zero-order valence-electron chi connectivity index (χ0n) is 11.6. The van der Waals surface area contributed by atoms with Gasteiger partial charge in [0.15, 0.2) is 0 Å². The predicted octanol–water partition coefficient (Wildman–Crippen LogP) is 3.56. The molecule has 0 spiro atoms. The molecule has 3 unspecified atom stereocenters. The number of methoxy groups -OCH3 is 1. The second kappa shape index (κ2) is 5.15. The van der Waals surface area contributed by atoms with Gasteiger partial charge in [-0.15, -0.1) is 0 Å². The summed E-state index contributed by atoms with van der Waals surface area (Å²) in [6, 6.07) is 13.6.